The Hall–Kier alpha value is -2.83. The van der Waals surface area contributed by atoms with Crippen LogP contribution in [0.25, 0.3) is 0 Å². The van der Waals surface area contributed by atoms with Gasteiger partial charge < -0.3 is 19.6 Å². The van der Waals surface area contributed by atoms with Crippen LogP contribution in [0.2, 0.25) is 0 Å². The number of nitrogens with one attached hydrogen (secondary N) is 1. The van der Waals surface area contributed by atoms with Crippen molar-refractivity contribution in [3.63, 3.8) is 0 Å². The molecular formula is C23H31N5O2. The topological polar surface area (TPSA) is 74.0 Å². The summed E-state index contributed by atoms with van der Waals surface area (Å²) in [5.74, 6) is 2.46. The Morgan fingerprint density at radius 1 is 1.33 bits per heavy atom. The highest BCUT2D eigenvalue weighted by Gasteiger charge is 2.32. The number of aryl methyl sites for hydroxylation is 2. The first-order valence-corrected chi connectivity index (χ1v) is 10.8. The lowest BCUT2D eigenvalue weighted by Gasteiger charge is -2.23. The van der Waals surface area contributed by atoms with Gasteiger partial charge in [0.15, 0.2) is 5.96 Å². The van der Waals surface area contributed by atoms with E-state index in [1.807, 2.05) is 25.8 Å². The lowest BCUT2D eigenvalue weighted by atomic mass is 9.98. The summed E-state index contributed by atoms with van der Waals surface area (Å²) in [4.78, 5) is 20.8. The molecule has 30 heavy (non-hydrogen) atoms. The molecule has 1 atom stereocenters. The molecule has 2 aliphatic heterocycles. The number of likely N-dealkylation sites (tertiary alicyclic amines) is 1. The Morgan fingerprint density at radius 2 is 2.17 bits per heavy atom. The number of guanidine groups is 1. The first-order valence-electron chi connectivity index (χ1n) is 10.8. The largest absolute Gasteiger partial charge is 0.361 e. The van der Waals surface area contributed by atoms with Crippen molar-refractivity contribution in [2.75, 3.05) is 38.1 Å². The molecule has 1 N–H and O–H groups in total. The molecule has 0 spiro atoms. The van der Waals surface area contributed by atoms with Crippen LogP contribution < -0.4 is 10.2 Å². The van der Waals surface area contributed by atoms with Crippen molar-refractivity contribution in [2.45, 2.75) is 45.4 Å². The monoisotopic (exact) mass is 409 g/mol. The van der Waals surface area contributed by atoms with Crippen LogP contribution in [0, 0.1) is 13.8 Å². The fraction of sp³-hybridized carbons (Fsp3) is 0.522. The number of fused-ring (bicyclic) bond motifs is 1. The summed E-state index contributed by atoms with van der Waals surface area (Å²) in [6, 6.07) is 8.56. The zero-order valence-electron chi connectivity index (χ0n) is 18.1. The zero-order valence-corrected chi connectivity index (χ0v) is 18.1. The average molecular weight is 410 g/mol. The van der Waals surface area contributed by atoms with Gasteiger partial charge >= 0.3 is 0 Å². The van der Waals surface area contributed by atoms with Crippen molar-refractivity contribution in [3.05, 3.63) is 46.8 Å². The summed E-state index contributed by atoms with van der Waals surface area (Å²) in [5.41, 5.74) is 4.67. The molecule has 0 radical (unpaired) electrons. The maximum absolute atomic E-state index is 12.0. The van der Waals surface area contributed by atoms with E-state index in [-0.39, 0.29) is 0 Å². The van der Waals surface area contributed by atoms with Crippen LogP contribution >= 0.6 is 0 Å². The molecule has 0 bridgehead atoms. The minimum absolute atomic E-state index is 0.301. The molecule has 7 nitrogen and oxygen atoms in total. The summed E-state index contributed by atoms with van der Waals surface area (Å²) < 4.78 is 5.27. The highest BCUT2D eigenvalue weighted by Crippen LogP contribution is 2.38. The van der Waals surface area contributed by atoms with E-state index in [2.05, 4.69) is 44.6 Å². The van der Waals surface area contributed by atoms with Crippen molar-refractivity contribution in [1.29, 1.82) is 0 Å². The number of anilines is 1. The van der Waals surface area contributed by atoms with Gasteiger partial charge in [0.25, 0.3) is 0 Å². The normalized spacial score (nSPS) is 19.0. The molecule has 0 aliphatic carbocycles. The highest BCUT2D eigenvalue weighted by molar-refractivity contribution is 5.98. The maximum atomic E-state index is 12.0. The number of amides is 1. The lowest BCUT2D eigenvalue weighted by molar-refractivity contribution is -0.127. The van der Waals surface area contributed by atoms with Crippen LogP contribution in [0.15, 0.2) is 33.8 Å². The molecule has 1 aromatic heterocycles. The molecule has 0 saturated carbocycles. The third-order valence-corrected chi connectivity index (χ3v) is 6.30. The molecule has 4 rings (SSSR count). The predicted octanol–water partition coefficient (Wildman–Crippen LogP) is 3.03. The lowest BCUT2D eigenvalue weighted by Crippen LogP contribution is -2.42. The van der Waals surface area contributed by atoms with E-state index < -0.39 is 0 Å². The number of carbonyl (C=O) groups excluding carboxylic acids is 1. The SMILES string of the molecule is CN=C(NCCc1c(C)noc1C)N1CC(CCN2CCCC2=O)c2ccccc21. The van der Waals surface area contributed by atoms with Crippen LogP contribution in [0.3, 0.4) is 0 Å². The summed E-state index contributed by atoms with van der Waals surface area (Å²) in [7, 11) is 1.83. The number of hydrogen-bond acceptors (Lipinski definition) is 4. The van der Waals surface area contributed by atoms with Crippen LogP contribution in [0.1, 0.15) is 47.8 Å². The number of para-hydroxylation sites is 1. The molecule has 1 fully saturated rings. The first kappa shape index (κ1) is 20.4. The van der Waals surface area contributed by atoms with E-state index in [9.17, 15) is 4.79 Å². The molecule has 7 heteroatoms. The van der Waals surface area contributed by atoms with Crippen molar-refractivity contribution >= 4 is 17.6 Å². The van der Waals surface area contributed by atoms with Crippen LogP contribution in [0.4, 0.5) is 5.69 Å². The van der Waals surface area contributed by atoms with Gasteiger partial charge in [-0.25, -0.2) is 0 Å². The average Bonchev–Trinajstić information content (AvgIpc) is 3.42. The Morgan fingerprint density at radius 3 is 2.87 bits per heavy atom. The summed E-state index contributed by atoms with van der Waals surface area (Å²) >= 11 is 0. The quantitative estimate of drug-likeness (QED) is 0.586. The number of aromatic nitrogens is 1. The summed E-state index contributed by atoms with van der Waals surface area (Å²) in [5, 5.41) is 7.55. The molecule has 1 aromatic carbocycles. The number of benzene rings is 1. The standard InChI is InChI=1S/C23H31N5O2/c1-16-19(17(2)30-26-16)10-12-25-23(24-3)28-15-18(20-7-4-5-8-21(20)28)11-14-27-13-6-9-22(27)29/h4-5,7-8,18H,6,9-15H2,1-3H3,(H,24,25). The summed E-state index contributed by atoms with van der Waals surface area (Å²) in [6.45, 7) is 7.32. The van der Waals surface area contributed by atoms with Gasteiger partial charge in [-0.1, -0.05) is 23.4 Å². The van der Waals surface area contributed by atoms with E-state index in [1.165, 1.54) is 11.3 Å². The summed E-state index contributed by atoms with van der Waals surface area (Å²) in [6.07, 6.45) is 3.52. The van der Waals surface area contributed by atoms with Gasteiger partial charge in [-0.05, 0) is 44.7 Å². The third kappa shape index (κ3) is 4.06. The van der Waals surface area contributed by atoms with Gasteiger partial charge in [-0.2, -0.15) is 0 Å². The molecule has 1 saturated heterocycles. The third-order valence-electron chi connectivity index (χ3n) is 6.30. The van der Waals surface area contributed by atoms with Crippen LogP contribution in [0.5, 0.6) is 0 Å². The van der Waals surface area contributed by atoms with E-state index in [0.29, 0.717) is 18.2 Å². The second-order valence-electron chi connectivity index (χ2n) is 8.17. The second-order valence-corrected chi connectivity index (χ2v) is 8.17. The second kappa shape index (κ2) is 8.90. The number of aliphatic imine (C=N–C) groups is 1. The van der Waals surface area contributed by atoms with E-state index in [4.69, 9.17) is 4.52 Å². The van der Waals surface area contributed by atoms with E-state index in [1.54, 1.807) is 0 Å². The molecular weight excluding hydrogens is 378 g/mol. The van der Waals surface area contributed by atoms with E-state index >= 15 is 0 Å². The Kier molecular flexibility index (Phi) is 6.06. The molecule has 1 amide bonds. The van der Waals surface area contributed by atoms with Gasteiger partial charge in [0, 0.05) is 56.8 Å². The zero-order chi connectivity index (χ0) is 21.1. The van der Waals surface area contributed by atoms with Gasteiger partial charge in [-0.15, -0.1) is 0 Å². The highest BCUT2D eigenvalue weighted by atomic mass is 16.5. The van der Waals surface area contributed by atoms with Crippen molar-refractivity contribution in [1.82, 2.24) is 15.4 Å². The minimum atomic E-state index is 0.301. The molecule has 160 valence electrons. The minimum Gasteiger partial charge on any atom is -0.361 e. The number of rotatable bonds is 6. The van der Waals surface area contributed by atoms with Crippen LogP contribution in [-0.2, 0) is 11.2 Å². The number of hydrogen-bond donors (Lipinski definition) is 1. The first-order chi connectivity index (χ1) is 14.6. The van der Waals surface area contributed by atoms with Crippen LogP contribution in [-0.4, -0.2) is 55.2 Å². The van der Waals surface area contributed by atoms with Gasteiger partial charge in [0.1, 0.15) is 5.76 Å². The van der Waals surface area contributed by atoms with Crippen molar-refractivity contribution in [2.24, 2.45) is 4.99 Å². The Balaban J connectivity index is 1.41. The number of carbonyl (C=O) groups is 1. The van der Waals surface area contributed by atoms with E-state index in [0.717, 1.165) is 68.4 Å². The fourth-order valence-corrected chi connectivity index (χ4v) is 4.65. The number of nitrogens with zero attached hydrogens (tertiary/aromatic N) is 4. The molecule has 1 unspecified atom stereocenters. The molecule has 3 heterocycles. The predicted molar refractivity (Wildman–Crippen MR) is 118 cm³/mol. The Labute approximate surface area is 178 Å². The molecule has 2 aliphatic rings. The van der Waals surface area contributed by atoms with Gasteiger partial charge in [0.05, 0.1) is 5.69 Å². The van der Waals surface area contributed by atoms with Crippen molar-refractivity contribution < 1.29 is 9.32 Å². The Bertz CT molecular complexity index is 916. The van der Waals surface area contributed by atoms with Gasteiger partial charge in [0.2, 0.25) is 5.91 Å². The fourth-order valence-electron chi connectivity index (χ4n) is 4.65. The smallest absolute Gasteiger partial charge is 0.222 e. The van der Waals surface area contributed by atoms with Crippen molar-refractivity contribution in [3.8, 4) is 0 Å². The van der Waals surface area contributed by atoms with Gasteiger partial charge in [-0.3, -0.25) is 9.79 Å². The molecule has 2 aromatic rings. The maximum Gasteiger partial charge on any atom is 0.222 e.